The lowest BCUT2D eigenvalue weighted by Gasteiger charge is -2.13. The van der Waals surface area contributed by atoms with Crippen LogP contribution in [0.1, 0.15) is 11.1 Å². The maximum Gasteiger partial charge on any atom is 0.173 e. The summed E-state index contributed by atoms with van der Waals surface area (Å²) in [5, 5.41) is 11.9. The third kappa shape index (κ3) is 3.05. The molecule has 0 bridgehead atoms. The van der Waals surface area contributed by atoms with Gasteiger partial charge in [-0.15, -0.1) is 11.8 Å². The minimum absolute atomic E-state index is 0.0327. The molecular weight excluding hydrogens is 272 g/mol. The van der Waals surface area contributed by atoms with E-state index >= 15 is 0 Å². The summed E-state index contributed by atoms with van der Waals surface area (Å²) in [5.74, 6) is 1.34. The van der Waals surface area contributed by atoms with Crippen LogP contribution >= 0.6 is 11.8 Å². The molecule has 0 atom stereocenters. The highest BCUT2D eigenvalue weighted by Crippen LogP contribution is 2.33. The van der Waals surface area contributed by atoms with Gasteiger partial charge in [0, 0.05) is 4.90 Å². The van der Waals surface area contributed by atoms with Crippen molar-refractivity contribution in [2.75, 3.05) is 6.26 Å². The number of para-hydroxylation sites is 1. The van der Waals surface area contributed by atoms with Gasteiger partial charge in [0.15, 0.2) is 5.84 Å². The highest BCUT2D eigenvalue weighted by atomic mass is 32.2. The first-order chi connectivity index (χ1) is 9.65. The Bertz CT molecular complexity index is 642. The number of benzene rings is 2. The van der Waals surface area contributed by atoms with Crippen molar-refractivity contribution in [3.05, 3.63) is 53.6 Å². The molecule has 2 aromatic rings. The molecule has 5 heteroatoms. The molecule has 0 unspecified atom stereocenters. The summed E-state index contributed by atoms with van der Waals surface area (Å²) < 4.78 is 5.92. The van der Waals surface area contributed by atoms with E-state index in [1.165, 1.54) is 0 Å². The molecule has 2 rings (SSSR count). The number of hydrogen-bond acceptors (Lipinski definition) is 4. The van der Waals surface area contributed by atoms with E-state index in [0.29, 0.717) is 11.3 Å². The molecule has 0 saturated heterocycles. The van der Waals surface area contributed by atoms with Gasteiger partial charge in [0.25, 0.3) is 0 Å². The van der Waals surface area contributed by atoms with Gasteiger partial charge in [-0.25, -0.2) is 0 Å². The van der Waals surface area contributed by atoms with Crippen molar-refractivity contribution >= 4 is 17.6 Å². The van der Waals surface area contributed by atoms with Crippen LogP contribution in [0.25, 0.3) is 0 Å². The van der Waals surface area contributed by atoms with E-state index in [2.05, 4.69) is 5.16 Å². The number of thioether (sulfide) groups is 1. The van der Waals surface area contributed by atoms with E-state index < -0.39 is 0 Å². The highest BCUT2D eigenvalue weighted by Gasteiger charge is 2.11. The second-order valence-corrected chi connectivity index (χ2v) is 5.09. The number of oxime groups is 1. The first-order valence-corrected chi connectivity index (χ1v) is 7.27. The lowest BCUT2D eigenvalue weighted by atomic mass is 10.1. The fourth-order valence-corrected chi connectivity index (χ4v) is 2.33. The van der Waals surface area contributed by atoms with Gasteiger partial charge >= 0.3 is 0 Å². The van der Waals surface area contributed by atoms with Crippen LogP contribution in [0.2, 0.25) is 0 Å². The number of amidine groups is 1. The predicted octanol–water partition coefficient (Wildman–Crippen LogP) is 3.60. The molecular formula is C15H16N2O2S. The Morgan fingerprint density at radius 1 is 1.20 bits per heavy atom. The summed E-state index contributed by atoms with van der Waals surface area (Å²) in [7, 11) is 0. The third-order valence-corrected chi connectivity index (χ3v) is 3.58. The van der Waals surface area contributed by atoms with E-state index in [9.17, 15) is 0 Å². The minimum atomic E-state index is 0.0327. The van der Waals surface area contributed by atoms with Gasteiger partial charge in [-0.05, 0) is 37.4 Å². The molecule has 0 aliphatic carbocycles. The molecule has 0 spiro atoms. The van der Waals surface area contributed by atoms with Crippen molar-refractivity contribution in [2.45, 2.75) is 11.8 Å². The molecule has 0 radical (unpaired) electrons. The molecule has 4 nitrogen and oxygen atoms in total. The number of nitrogens with zero attached hydrogens (tertiary/aromatic N) is 1. The standard InChI is InChI=1S/C15H16N2O2S/c1-10-7-8-12(11(9-10)15(16)17-18)19-13-5-3-4-6-14(13)20-2/h3-9,18H,1-2H3,(H2,16,17). The number of aryl methyl sites for hydroxylation is 1. The van der Waals surface area contributed by atoms with Crippen LogP contribution in [0.3, 0.4) is 0 Å². The molecule has 20 heavy (non-hydrogen) atoms. The zero-order valence-corrected chi connectivity index (χ0v) is 12.1. The molecule has 0 amide bonds. The van der Waals surface area contributed by atoms with Crippen molar-refractivity contribution in [1.29, 1.82) is 0 Å². The maximum absolute atomic E-state index is 8.87. The average Bonchev–Trinajstić information content (AvgIpc) is 2.48. The molecule has 0 saturated carbocycles. The van der Waals surface area contributed by atoms with Gasteiger partial charge in [0.2, 0.25) is 0 Å². The van der Waals surface area contributed by atoms with Crippen molar-refractivity contribution in [2.24, 2.45) is 10.9 Å². The second kappa shape index (κ2) is 6.34. The molecule has 104 valence electrons. The summed E-state index contributed by atoms with van der Waals surface area (Å²) in [4.78, 5) is 1.03. The monoisotopic (exact) mass is 288 g/mol. The van der Waals surface area contributed by atoms with Crippen LogP contribution in [-0.2, 0) is 0 Å². The molecule has 0 aliphatic rings. The Morgan fingerprint density at radius 2 is 1.95 bits per heavy atom. The van der Waals surface area contributed by atoms with Gasteiger partial charge in [0.05, 0.1) is 5.56 Å². The SMILES string of the molecule is CSc1ccccc1Oc1ccc(C)cc1/C(N)=N/O. The summed E-state index contributed by atoms with van der Waals surface area (Å²) >= 11 is 1.60. The van der Waals surface area contributed by atoms with Gasteiger partial charge in [0.1, 0.15) is 11.5 Å². The summed E-state index contributed by atoms with van der Waals surface area (Å²) in [6.45, 7) is 1.94. The van der Waals surface area contributed by atoms with E-state index in [1.54, 1.807) is 11.8 Å². The van der Waals surface area contributed by atoms with Crippen LogP contribution in [0.15, 0.2) is 52.5 Å². The number of ether oxygens (including phenoxy) is 1. The third-order valence-electron chi connectivity index (χ3n) is 2.81. The van der Waals surface area contributed by atoms with Crippen LogP contribution < -0.4 is 10.5 Å². The topological polar surface area (TPSA) is 67.8 Å². The van der Waals surface area contributed by atoms with Crippen LogP contribution in [0.5, 0.6) is 11.5 Å². The van der Waals surface area contributed by atoms with E-state index in [-0.39, 0.29) is 5.84 Å². The van der Waals surface area contributed by atoms with Crippen molar-refractivity contribution in [1.82, 2.24) is 0 Å². The maximum atomic E-state index is 8.87. The van der Waals surface area contributed by atoms with Crippen LogP contribution in [-0.4, -0.2) is 17.3 Å². The van der Waals surface area contributed by atoms with Crippen LogP contribution in [0, 0.1) is 6.92 Å². The fraction of sp³-hybridized carbons (Fsp3) is 0.133. The summed E-state index contributed by atoms with van der Waals surface area (Å²) in [6, 6.07) is 13.3. The zero-order valence-electron chi connectivity index (χ0n) is 11.3. The zero-order chi connectivity index (χ0) is 14.5. The smallest absolute Gasteiger partial charge is 0.173 e. The van der Waals surface area contributed by atoms with E-state index in [0.717, 1.165) is 16.2 Å². The number of nitrogens with two attached hydrogens (primary N) is 1. The molecule has 0 aromatic heterocycles. The van der Waals surface area contributed by atoms with Crippen molar-refractivity contribution < 1.29 is 9.94 Å². The average molecular weight is 288 g/mol. The van der Waals surface area contributed by atoms with E-state index in [1.807, 2.05) is 55.6 Å². The molecule has 2 aromatic carbocycles. The van der Waals surface area contributed by atoms with Crippen LogP contribution in [0.4, 0.5) is 0 Å². The predicted molar refractivity (Wildman–Crippen MR) is 82.0 cm³/mol. The van der Waals surface area contributed by atoms with Gasteiger partial charge in [-0.3, -0.25) is 0 Å². The van der Waals surface area contributed by atoms with Gasteiger partial charge in [-0.1, -0.05) is 28.9 Å². The summed E-state index contributed by atoms with van der Waals surface area (Å²) in [6.07, 6.45) is 1.99. The first-order valence-electron chi connectivity index (χ1n) is 6.05. The minimum Gasteiger partial charge on any atom is -0.455 e. The lowest BCUT2D eigenvalue weighted by Crippen LogP contribution is -2.14. The Balaban J connectivity index is 2.43. The Kier molecular flexibility index (Phi) is 4.53. The Morgan fingerprint density at radius 3 is 2.65 bits per heavy atom. The highest BCUT2D eigenvalue weighted by molar-refractivity contribution is 7.98. The van der Waals surface area contributed by atoms with Crippen molar-refractivity contribution in [3.8, 4) is 11.5 Å². The van der Waals surface area contributed by atoms with Gasteiger partial charge in [-0.2, -0.15) is 0 Å². The van der Waals surface area contributed by atoms with Crippen molar-refractivity contribution in [3.63, 3.8) is 0 Å². The first kappa shape index (κ1) is 14.3. The summed E-state index contributed by atoms with van der Waals surface area (Å²) in [5.41, 5.74) is 7.29. The fourth-order valence-electron chi connectivity index (χ4n) is 1.81. The molecule has 0 fully saturated rings. The second-order valence-electron chi connectivity index (χ2n) is 4.24. The largest absolute Gasteiger partial charge is 0.455 e. The Hall–Kier alpha value is -2.14. The molecule has 3 N–H and O–H groups in total. The Labute approximate surface area is 122 Å². The number of hydrogen-bond donors (Lipinski definition) is 2. The van der Waals surface area contributed by atoms with Gasteiger partial charge < -0.3 is 15.7 Å². The lowest BCUT2D eigenvalue weighted by molar-refractivity contribution is 0.318. The quantitative estimate of drug-likeness (QED) is 0.296. The molecule has 0 aliphatic heterocycles. The van der Waals surface area contributed by atoms with E-state index in [4.69, 9.17) is 15.7 Å². The number of rotatable bonds is 4. The normalized spacial score (nSPS) is 11.4. The molecule has 0 heterocycles.